The average Bonchev–Trinajstić information content (AvgIpc) is 2.97. The van der Waals surface area contributed by atoms with E-state index in [0.717, 1.165) is 32.1 Å². The van der Waals surface area contributed by atoms with Crippen molar-refractivity contribution in [3.63, 3.8) is 0 Å². The molecule has 27 heavy (non-hydrogen) atoms. The summed E-state index contributed by atoms with van der Waals surface area (Å²) in [6.07, 6.45) is 7.10. The van der Waals surface area contributed by atoms with E-state index in [1.807, 2.05) is 6.92 Å². The minimum Gasteiger partial charge on any atom is -0.469 e. The Balaban J connectivity index is 1.64. The molecule has 0 radical (unpaired) electrons. The van der Waals surface area contributed by atoms with Gasteiger partial charge in [-0.1, -0.05) is 20.8 Å². The second-order valence-electron chi connectivity index (χ2n) is 10.4. The van der Waals surface area contributed by atoms with E-state index in [2.05, 4.69) is 13.8 Å². The highest BCUT2D eigenvalue weighted by atomic mass is 16.5. The number of carbonyl (C=O) groups is 3. The molecule has 0 aliphatic heterocycles. The Bertz CT molecular complexity index is 669. The zero-order valence-electron chi connectivity index (χ0n) is 17.3. The van der Waals surface area contributed by atoms with Crippen molar-refractivity contribution in [3.8, 4) is 0 Å². The number of carbonyl (C=O) groups excluding carboxylic acids is 3. The van der Waals surface area contributed by atoms with Crippen LogP contribution in [0.15, 0.2) is 0 Å². The smallest absolute Gasteiger partial charge is 0.308 e. The summed E-state index contributed by atoms with van der Waals surface area (Å²) in [5, 5.41) is 0. The molecule has 4 aliphatic rings. The molecular formula is C23H34O4. The van der Waals surface area contributed by atoms with Crippen LogP contribution in [0.4, 0.5) is 0 Å². The van der Waals surface area contributed by atoms with Crippen molar-refractivity contribution in [1.82, 2.24) is 0 Å². The van der Waals surface area contributed by atoms with Gasteiger partial charge in [-0.05, 0) is 66.6 Å². The van der Waals surface area contributed by atoms with Gasteiger partial charge in [-0.2, -0.15) is 0 Å². The molecule has 0 N–H and O–H groups in total. The van der Waals surface area contributed by atoms with Crippen LogP contribution in [0.2, 0.25) is 0 Å². The first-order chi connectivity index (χ1) is 12.7. The zero-order valence-corrected chi connectivity index (χ0v) is 17.3. The summed E-state index contributed by atoms with van der Waals surface area (Å²) in [5.74, 6) is 2.20. The van der Waals surface area contributed by atoms with Crippen LogP contribution in [0.1, 0.15) is 72.1 Å². The molecule has 4 aliphatic carbocycles. The SMILES string of the molecule is COC(=O)C(C)[C@H]1CC[C@H]2[C@@H]3CCC4CC(=O)CC[C@]4(C)[C@H]3C(=O)C[C@]12C. The van der Waals surface area contributed by atoms with Gasteiger partial charge in [0.1, 0.15) is 11.6 Å². The minimum absolute atomic E-state index is 0.00128. The molecule has 2 unspecified atom stereocenters. The number of hydrogen-bond acceptors (Lipinski definition) is 4. The fraction of sp³-hybridized carbons (Fsp3) is 0.870. The van der Waals surface area contributed by atoms with Gasteiger partial charge in [-0.25, -0.2) is 0 Å². The lowest BCUT2D eigenvalue weighted by Crippen LogP contribution is -2.57. The van der Waals surface area contributed by atoms with Crippen molar-refractivity contribution in [3.05, 3.63) is 0 Å². The van der Waals surface area contributed by atoms with Crippen LogP contribution in [0.3, 0.4) is 0 Å². The normalized spacial score (nSPS) is 47.6. The van der Waals surface area contributed by atoms with Gasteiger partial charge in [0.05, 0.1) is 13.0 Å². The third-order valence-electron chi connectivity index (χ3n) is 9.41. The van der Waals surface area contributed by atoms with E-state index in [1.165, 1.54) is 7.11 Å². The van der Waals surface area contributed by atoms with Gasteiger partial charge in [0.25, 0.3) is 0 Å². The maximum atomic E-state index is 13.5. The first-order valence-electron chi connectivity index (χ1n) is 10.8. The molecule has 4 rings (SSSR count). The van der Waals surface area contributed by atoms with Crippen molar-refractivity contribution < 1.29 is 19.1 Å². The molecule has 0 heterocycles. The molecule has 0 amide bonds. The molecule has 0 aromatic heterocycles. The fourth-order valence-electron chi connectivity index (χ4n) is 8.07. The maximum Gasteiger partial charge on any atom is 0.308 e. The van der Waals surface area contributed by atoms with Gasteiger partial charge in [0.2, 0.25) is 0 Å². The van der Waals surface area contributed by atoms with E-state index < -0.39 is 0 Å². The van der Waals surface area contributed by atoms with E-state index in [9.17, 15) is 14.4 Å². The van der Waals surface area contributed by atoms with Crippen LogP contribution >= 0.6 is 0 Å². The number of Topliss-reactive ketones (excluding diaryl/α,β-unsaturated/α-hetero) is 2. The van der Waals surface area contributed by atoms with Crippen LogP contribution in [-0.2, 0) is 19.1 Å². The molecule has 0 aromatic carbocycles. The predicted molar refractivity (Wildman–Crippen MR) is 102 cm³/mol. The fourth-order valence-corrected chi connectivity index (χ4v) is 8.07. The van der Waals surface area contributed by atoms with Gasteiger partial charge in [0.15, 0.2) is 0 Å². The summed E-state index contributed by atoms with van der Waals surface area (Å²) in [4.78, 5) is 37.8. The van der Waals surface area contributed by atoms with Gasteiger partial charge < -0.3 is 4.74 Å². The summed E-state index contributed by atoms with van der Waals surface area (Å²) < 4.78 is 5.02. The maximum absolute atomic E-state index is 13.5. The summed E-state index contributed by atoms with van der Waals surface area (Å²) >= 11 is 0. The van der Waals surface area contributed by atoms with Gasteiger partial charge >= 0.3 is 5.97 Å². The van der Waals surface area contributed by atoms with E-state index in [0.29, 0.717) is 48.6 Å². The highest BCUT2D eigenvalue weighted by molar-refractivity contribution is 5.86. The van der Waals surface area contributed by atoms with Crippen LogP contribution in [0.5, 0.6) is 0 Å². The second-order valence-corrected chi connectivity index (χ2v) is 10.4. The van der Waals surface area contributed by atoms with E-state index in [4.69, 9.17) is 4.74 Å². The lowest BCUT2D eigenvalue weighted by Gasteiger charge is -2.59. The van der Waals surface area contributed by atoms with E-state index in [1.54, 1.807) is 0 Å². The molecular weight excluding hydrogens is 340 g/mol. The standard InChI is InChI=1S/C23H34O4/c1-13(21(26)27-4)17-7-8-18-16-6-5-14-11-15(24)9-10-22(14,2)20(16)19(25)12-23(17,18)3/h13-14,16-18,20H,5-12H2,1-4H3/t13?,14?,16-,17+,18-,20+,22-,23+/m0/s1. The number of rotatable bonds is 2. The van der Waals surface area contributed by atoms with Crippen LogP contribution in [0.25, 0.3) is 0 Å². The lowest BCUT2D eigenvalue weighted by molar-refractivity contribution is -0.164. The molecule has 0 spiro atoms. The lowest BCUT2D eigenvalue weighted by atomic mass is 9.44. The van der Waals surface area contributed by atoms with E-state index in [-0.39, 0.29) is 34.6 Å². The molecule has 150 valence electrons. The summed E-state index contributed by atoms with van der Waals surface area (Å²) in [5.41, 5.74) is -0.0825. The Hall–Kier alpha value is -1.19. The number of methoxy groups -OCH3 is 1. The first-order valence-corrected chi connectivity index (χ1v) is 10.8. The second kappa shape index (κ2) is 6.42. The summed E-state index contributed by atoms with van der Waals surface area (Å²) in [6.45, 7) is 6.54. The highest BCUT2D eigenvalue weighted by Gasteiger charge is 2.64. The first kappa shape index (κ1) is 19.1. The van der Waals surface area contributed by atoms with Crippen molar-refractivity contribution in [2.45, 2.75) is 72.1 Å². The quantitative estimate of drug-likeness (QED) is 0.680. The predicted octanol–water partition coefficient (Wildman–Crippen LogP) is 4.20. The number of fused-ring (bicyclic) bond motifs is 5. The molecule has 4 fully saturated rings. The zero-order chi connectivity index (χ0) is 19.6. The molecule has 0 saturated heterocycles. The molecule has 8 atom stereocenters. The summed E-state index contributed by atoms with van der Waals surface area (Å²) in [7, 11) is 1.46. The number of ether oxygens (including phenoxy) is 1. The Morgan fingerprint density at radius 3 is 2.56 bits per heavy atom. The average molecular weight is 375 g/mol. The molecule has 0 aromatic rings. The van der Waals surface area contributed by atoms with Crippen molar-refractivity contribution in [2.75, 3.05) is 7.11 Å². The van der Waals surface area contributed by atoms with Gasteiger partial charge in [-0.15, -0.1) is 0 Å². The van der Waals surface area contributed by atoms with Crippen molar-refractivity contribution in [2.24, 2.45) is 46.3 Å². The number of ketones is 2. The van der Waals surface area contributed by atoms with Crippen LogP contribution < -0.4 is 0 Å². The number of esters is 1. The molecule has 4 heteroatoms. The Morgan fingerprint density at radius 2 is 1.85 bits per heavy atom. The largest absolute Gasteiger partial charge is 0.469 e. The van der Waals surface area contributed by atoms with Gasteiger partial charge in [0, 0.05) is 25.2 Å². The van der Waals surface area contributed by atoms with Gasteiger partial charge in [-0.3, -0.25) is 14.4 Å². The Kier molecular flexibility index (Phi) is 4.55. The molecule has 4 nitrogen and oxygen atoms in total. The Labute approximate surface area is 162 Å². The summed E-state index contributed by atoms with van der Waals surface area (Å²) in [6, 6.07) is 0. The monoisotopic (exact) mass is 374 g/mol. The third-order valence-corrected chi connectivity index (χ3v) is 9.41. The minimum atomic E-state index is -0.145. The third kappa shape index (κ3) is 2.65. The molecule has 4 saturated carbocycles. The van der Waals surface area contributed by atoms with E-state index >= 15 is 0 Å². The van der Waals surface area contributed by atoms with Crippen molar-refractivity contribution in [1.29, 1.82) is 0 Å². The Morgan fingerprint density at radius 1 is 1.11 bits per heavy atom. The van der Waals surface area contributed by atoms with Crippen LogP contribution in [-0.4, -0.2) is 24.6 Å². The van der Waals surface area contributed by atoms with Crippen molar-refractivity contribution >= 4 is 17.5 Å². The highest BCUT2D eigenvalue weighted by Crippen LogP contribution is 2.67. The molecule has 0 bridgehead atoms. The number of hydrogen-bond donors (Lipinski definition) is 0. The topological polar surface area (TPSA) is 60.4 Å². The van der Waals surface area contributed by atoms with Crippen LogP contribution in [0, 0.1) is 46.3 Å².